The fraction of sp³-hybridized carbons (Fsp3) is 0.381. The average molecular weight is 394 g/mol. The topological polar surface area (TPSA) is 38.3 Å². The summed E-state index contributed by atoms with van der Waals surface area (Å²) >= 11 is 11.9. The summed E-state index contributed by atoms with van der Waals surface area (Å²) in [5.41, 5.74) is 2.37. The molecule has 0 fully saturated rings. The molecule has 1 atom stereocenters. The Morgan fingerprint density at radius 3 is 2.15 bits per heavy atom. The van der Waals surface area contributed by atoms with Gasteiger partial charge < -0.3 is 10.1 Å². The normalized spacial score (nSPS) is 12.3. The van der Waals surface area contributed by atoms with Crippen molar-refractivity contribution in [2.24, 2.45) is 5.92 Å². The van der Waals surface area contributed by atoms with Crippen LogP contribution < -0.4 is 10.1 Å². The number of amides is 1. The molecule has 26 heavy (non-hydrogen) atoms. The molecule has 0 spiro atoms. The predicted octanol–water partition coefficient (Wildman–Crippen LogP) is 6.01. The zero-order valence-corrected chi connectivity index (χ0v) is 17.1. The third-order valence-corrected chi connectivity index (χ3v) is 4.73. The number of nitrogens with one attached hydrogen (secondary N) is 1. The predicted molar refractivity (Wildman–Crippen MR) is 108 cm³/mol. The van der Waals surface area contributed by atoms with Crippen LogP contribution in [0, 0.1) is 5.92 Å². The number of carbonyl (C=O) groups is 1. The van der Waals surface area contributed by atoms with Crippen LogP contribution in [0.25, 0.3) is 0 Å². The van der Waals surface area contributed by atoms with Gasteiger partial charge in [-0.05, 0) is 41.2 Å². The van der Waals surface area contributed by atoms with Crippen molar-refractivity contribution in [3.05, 3.63) is 63.6 Å². The lowest BCUT2D eigenvalue weighted by molar-refractivity contribution is -0.124. The fourth-order valence-electron chi connectivity index (χ4n) is 2.67. The molecule has 0 bridgehead atoms. The molecule has 2 rings (SSSR count). The molecule has 3 nitrogen and oxygen atoms in total. The van der Waals surface area contributed by atoms with Crippen LogP contribution in [0.1, 0.15) is 50.8 Å². The number of carbonyl (C=O) groups excluding carboxylic acids is 1. The van der Waals surface area contributed by atoms with Gasteiger partial charge in [-0.2, -0.15) is 0 Å². The summed E-state index contributed by atoms with van der Waals surface area (Å²) in [4.78, 5) is 12.4. The van der Waals surface area contributed by atoms with Crippen molar-refractivity contribution in [2.45, 2.75) is 39.7 Å². The molecular weight excluding hydrogens is 369 g/mol. The molecule has 1 amide bonds. The van der Waals surface area contributed by atoms with Gasteiger partial charge in [0.1, 0.15) is 5.75 Å². The number of benzene rings is 2. The molecule has 0 saturated carbocycles. The first-order valence-electron chi connectivity index (χ1n) is 8.75. The third kappa shape index (κ3) is 5.65. The summed E-state index contributed by atoms with van der Waals surface area (Å²) in [6, 6.07) is 13.2. The van der Waals surface area contributed by atoms with E-state index in [0.29, 0.717) is 21.7 Å². The van der Waals surface area contributed by atoms with Crippen molar-refractivity contribution in [3.63, 3.8) is 0 Å². The largest absolute Gasteiger partial charge is 0.482 e. The zero-order chi connectivity index (χ0) is 19.3. The summed E-state index contributed by atoms with van der Waals surface area (Å²) in [6.45, 7) is 8.39. The second kappa shape index (κ2) is 9.29. The Bertz CT molecular complexity index is 742. The molecule has 0 aliphatic rings. The van der Waals surface area contributed by atoms with E-state index in [2.05, 4.69) is 57.3 Å². The SMILES string of the molecule is CC(C)c1ccc([C@@H](NC(=O)COc2ccc(Cl)cc2Cl)C(C)C)cc1. The van der Waals surface area contributed by atoms with E-state index in [9.17, 15) is 4.79 Å². The quantitative estimate of drug-likeness (QED) is 0.625. The van der Waals surface area contributed by atoms with Gasteiger partial charge in [-0.15, -0.1) is 0 Å². The lowest BCUT2D eigenvalue weighted by atomic mass is 9.93. The van der Waals surface area contributed by atoms with Gasteiger partial charge in [-0.1, -0.05) is 75.2 Å². The highest BCUT2D eigenvalue weighted by Gasteiger charge is 2.19. The molecule has 140 valence electrons. The highest BCUT2D eigenvalue weighted by molar-refractivity contribution is 6.35. The van der Waals surface area contributed by atoms with Gasteiger partial charge in [0, 0.05) is 5.02 Å². The van der Waals surface area contributed by atoms with E-state index in [-0.39, 0.29) is 24.5 Å². The number of halogens is 2. The number of hydrogen-bond acceptors (Lipinski definition) is 2. The lowest BCUT2D eigenvalue weighted by Crippen LogP contribution is -2.35. The standard InChI is InChI=1S/C21H25Cl2NO2/c1-13(2)15-5-7-16(8-6-15)21(14(3)4)24-20(25)12-26-19-10-9-17(22)11-18(19)23/h5-11,13-14,21H,12H2,1-4H3,(H,24,25)/t21-/m0/s1. The minimum Gasteiger partial charge on any atom is -0.482 e. The Kier molecular flexibility index (Phi) is 7.36. The van der Waals surface area contributed by atoms with E-state index in [1.807, 2.05) is 0 Å². The maximum absolute atomic E-state index is 12.4. The van der Waals surface area contributed by atoms with Gasteiger partial charge in [0.25, 0.3) is 5.91 Å². The zero-order valence-electron chi connectivity index (χ0n) is 15.6. The van der Waals surface area contributed by atoms with Gasteiger partial charge >= 0.3 is 0 Å². The first kappa shape index (κ1) is 20.6. The van der Waals surface area contributed by atoms with Crippen LogP contribution in [0.15, 0.2) is 42.5 Å². The van der Waals surface area contributed by atoms with E-state index in [1.165, 1.54) is 5.56 Å². The molecule has 0 unspecified atom stereocenters. The first-order valence-corrected chi connectivity index (χ1v) is 9.50. The van der Waals surface area contributed by atoms with Gasteiger partial charge in [0.15, 0.2) is 6.61 Å². The molecule has 2 aromatic rings. The molecule has 2 aromatic carbocycles. The minimum absolute atomic E-state index is 0.0759. The maximum atomic E-state index is 12.4. The van der Waals surface area contributed by atoms with Crippen LogP contribution in [-0.2, 0) is 4.79 Å². The van der Waals surface area contributed by atoms with Crippen LogP contribution in [0.5, 0.6) is 5.75 Å². The van der Waals surface area contributed by atoms with E-state index in [0.717, 1.165) is 5.56 Å². The van der Waals surface area contributed by atoms with Crippen molar-refractivity contribution in [2.75, 3.05) is 6.61 Å². The second-order valence-corrected chi connectivity index (χ2v) is 7.82. The Morgan fingerprint density at radius 1 is 1.00 bits per heavy atom. The van der Waals surface area contributed by atoms with E-state index >= 15 is 0 Å². The minimum atomic E-state index is -0.192. The van der Waals surface area contributed by atoms with Crippen molar-refractivity contribution in [1.82, 2.24) is 5.32 Å². The van der Waals surface area contributed by atoms with Crippen LogP contribution in [0.4, 0.5) is 0 Å². The van der Waals surface area contributed by atoms with Gasteiger partial charge in [0.05, 0.1) is 11.1 Å². The van der Waals surface area contributed by atoms with Gasteiger partial charge in [-0.3, -0.25) is 4.79 Å². The van der Waals surface area contributed by atoms with Crippen LogP contribution in [0.2, 0.25) is 10.0 Å². The molecule has 1 N–H and O–H groups in total. The monoisotopic (exact) mass is 393 g/mol. The lowest BCUT2D eigenvalue weighted by Gasteiger charge is -2.23. The molecule has 0 aromatic heterocycles. The maximum Gasteiger partial charge on any atom is 0.258 e. The van der Waals surface area contributed by atoms with E-state index in [4.69, 9.17) is 27.9 Å². The van der Waals surface area contributed by atoms with Crippen molar-refractivity contribution < 1.29 is 9.53 Å². The summed E-state index contributed by atoms with van der Waals surface area (Å²) < 4.78 is 5.52. The molecule has 5 heteroatoms. The summed E-state index contributed by atoms with van der Waals surface area (Å²) in [7, 11) is 0. The molecular formula is C21H25Cl2NO2. The number of ether oxygens (including phenoxy) is 1. The Balaban J connectivity index is 2.01. The van der Waals surface area contributed by atoms with Crippen molar-refractivity contribution >= 4 is 29.1 Å². The molecule has 0 aliphatic carbocycles. The van der Waals surface area contributed by atoms with Crippen LogP contribution >= 0.6 is 23.2 Å². The third-order valence-electron chi connectivity index (χ3n) is 4.20. The molecule has 0 heterocycles. The fourth-order valence-corrected chi connectivity index (χ4v) is 3.14. The molecule has 0 aliphatic heterocycles. The Labute approximate surface area is 165 Å². The Morgan fingerprint density at radius 2 is 1.62 bits per heavy atom. The average Bonchev–Trinajstić information content (AvgIpc) is 2.58. The van der Waals surface area contributed by atoms with Gasteiger partial charge in [-0.25, -0.2) is 0 Å². The van der Waals surface area contributed by atoms with Crippen LogP contribution in [0.3, 0.4) is 0 Å². The van der Waals surface area contributed by atoms with E-state index < -0.39 is 0 Å². The highest BCUT2D eigenvalue weighted by atomic mass is 35.5. The molecule has 0 saturated heterocycles. The van der Waals surface area contributed by atoms with E-state index in [1.54, 1.807) is 18.2 Å². The van der Waals surface area contributed by atoms with Gasteiger partial charge in [0.2, 0.25) is 0 Å². The summed E-state index contributed by atoms with van der Waals surface area (Å²) in [6.07, 6.45) is 0. The summed E-state index contributed by atoms with van der Waals surface area (Å²) in [5.74, 6) is 0.980. The summed E-state index contributed by atoms with van der Waals surface area (Å²) in [5, 5.41) is 3.96. The number of hydrogen-bond donors (Lipinski definition) is 1. The second-order valence-electron chi connectivity index (χ2n) is 6.97. The van der Waals surface area contributed by atoms with Crippen molar-refractivity contribution in [1.29, 1.82) is 0 Å². The Hall–Kier alpha value is -1.71. The highest BCUT2D eigenvalue weighted by Crippen LogP contribution is 2.28. The smallest absolute Gasteiger partial charge is 0.258 e. The van der Waals surface area contributed by atoms with Crippen LogP contribution in [-0.4, -0.2) is 12.5 Å². The molecule has 0 radical (unpaired) electrons. The first-order chi connectivity index (χ1) is 12.3. The van der Waals surface area contributed by atoms with Crippen molar-refractivity contribution in [3.8, 4) is 5.75 Å². The number of rotatable bonds is 7.